The molecule has 176 valence electrons. The summed E-state index contributed by atoms with van der Waals surface area (Å²) in [5.74, 6) is 1.24. The van der Waals surface area contributed by atoms with Crippen molar-refractivity contribution in [2.75, 3.05) is 19.3 Å². The van der Waals surface area contributed by atoms with Crippen molar-refractivity contribution in [3.05, 3.63) is 53.7 Å². The Morgan fingerprint density at radius 3 is 2.53 bits per heavy atom. The number of imidazole rings is 1. The van der Waals surface area contributed by atoms with Crippen LogP contribution in [0.1, 0.15) is 19.3 Å². The number of fused-ring (bicyclic) bond motifs is 3. The van der Waals surface area contributed by atoms with E-state index < -0.39 is 17.3 Å². The Balaban J connectivity index is 1.56. The molecular formula is C25H25ClN4O3S. The number of carboxylic acid groups (broad SMARTS) is 1. The minimum absolute atomic E-state index is 0.370. The molecule has 5 rings (SSSR count). The number of benzene rings is 2. The molecule has 0 saturated carbocycles. The Hall–Kier alpha value is -2.81. The number of rotatable bonds is 5. The Morgan fingerprint density at radius 1 is 1.15 bits per heavy atom. The van der Waals surface area contributed by atoms with E-state index in [1.165, 1.54) is 4.90 Å². The Morgan fingerprint density at radius 2 is 1.85 bits per heavy atom. The quantitative estimate of drug-likeness (QED) is 0.294. The highest BCUT2D eigenvalue weighted by Crippen LogP contribution is 2.34. The van der Waals surface area contributed by atoms with Gasteiger partial charge in [-0.1, -0.05) is 29.8 Å². The summed E-state index contributed by atoms with van der Waals surface area (Å²) in [4.78, 5) is 23.0. The van der Waals surface area contributed by atoms with Crippen LogP contribution in [-0.2, 0) is 17.7 Å². The molecule has 2 aromatic carbocycles. The third-order valence-corrected chi connectivity index (χ3v) is 7.83. The average molecular weight is 497 g/mol. The molecule has 9 heteroatoms. The van der Waals surface area contributed by atoms with Crippen molar-refractivity contribution in [1.82, 2.24) is 19.4 Å². The number of likely N-dealkylation sites (tertiary alicyclic amines) is 1. The summed E-state index contributed by atoms with van der Waals surface area (Å²) in [6.45, 7) is 1.88. The minimum Gasteiger partial charge on any atom is -0.612 e. The zero-order valence-corrected chi connectivity index (χ0v) is 20.3. The van der Waals surface area contributed by atoms with Gasteiger partial charge in [0.05, 0.1) is 11.0 Å². The average Bonchev–Trinajstić information content (AvgIpc) is 3.23. The fraction of sp³-hybridized carbons (Fsp3) is 0.320. The molecule has 1 atom stereocenters. The minimum atomic E-state index is -1.05. The van der Waals surface area contributed by atoms with Crippen molar-refractivity contribution in [3.8, 4) is 11.4 Å². The number of hydrogen-bond donors (Lipinski definition) is 1. The van der Waals surface area contributed by atoms with E-state index in [1.54, 1.807) is 6.26 Å². The number of piperidine rings is 1. The van der Waals surface area contributed by atoms with E-state index in [0.717, 1.165) is 58.5 Å². The van der Waals surface area contributed by atoms with Crippen molar-refractivity contribution >= 4 is 50.8 Å². The molecule has 7 nitrogen and oxygen atoms in total. The first kappa shape index (κ1) is 23.0. The predicted molar refractivity (Wildman–Crippen MR) is 135 cm³/mol. The van der Waals surface area contributed by atoms with E-state index in [0.29, 0.717) is 29.7 Å². The number of pyridine rings is 1. The van der Waals surface area contributed by atoms with Crippen molar-refractivity contribution in [2.24, 2.45) is 5.92 Å². The summed E-state index contributed by atoms with van der Waals surface area (Å²) in [6.07, 6.45) is 3.45. The van der Waals surface area contributed by atoms with Crippen LogP contribution in [0, 0.1) is 5.92 Å². The van der Waals surface area contributed by atoms with Gasteiger partial charge < -0.3 is 19.1 Å². The van der Waals surface area contributed by atoms with Crippen LogP contribution in [0.2, 0.25) is 5.15 Å². The number of para-hydroxylation sites is 1. The zero-order valence-electron chi connectivity index (χ0n) is 18.8. The van der Waals surface area contributed by atoms with Crippen LogP contribution in [0.4, 0.5) is 4.79 Å². The maximum absolute atomic E-state index is 11.9. The molecule has 4 aromatic rings. The standard InChI is InChI=1S/C25H25ClN4O3S/c1-34(33)18-8-6-17(7-9-18)24-28-21-22(19-4-2-3-5-20(19)27-23(21)26)30(24)15-12-16-10-13-29(14-11-16)25(31)32/h2-9,16H,10-15H2,1H3,(H,31,32). The molecule has 2 aromatic heterocycles. The van der Waals surface area contributed by atoms with Gasteiger partial charge in [-0.3, -0.25) is 0 Å². The Kier molecular flexibility index (Phi) is 6.38. The van der Waals surface area contributed by atoms with Crippen LogP contribution in [0.15, 0.2) is 53.4 Å². The number of amides is 1. The van der Waals surface area contributed by atoms with E-state index in [9.17, 15) is 14.5 Å². The molecule has 0 spiro atoms. The molecule has 0 aliphatic carbocycles. The highest BCUT2D eigenvalue weighted by atomic mass is 35.5. The lowest BCUT2D eigenvalue weighted by Gasteiger charge is -2.30. The van der Waals surface area contributed by atoms with E-state index >= 15 is 0 Å². The maximum atomic E-state index is 11.9. The van der Waals surface area contributed by atoms with Gasteiger partial charge >= 0.3 is 6.09 Å². The second-order valence-corrected chi connectivity index (χ2v) is 10.4. The summed E-state index contributed by atoms with van der Waals surface area (Å²) < 4.78 is 14.1. The van der Waals surface area contributed by atoms with E-state index in [4.69, 9.17) is 16.6 Å². The summed E-state index contributed by atoms with van der Waals surface area (Å²) in [6, 6.07) is 15.6. The van der Waals surface area contributed by atoms with Gasteiger partial charge in [-0.25, -0.2) is 14.8 Å². The summed E-state index contributed by atoms with van der Waals surface area (Å²) >= 11 is 5.53. The van der Waals surface area contributed by atoms with Crippen molar-refractivity contribution < 1.29 is 14.5 Å². The van der Waals surface area contributed by atoms with Crippen LogP contribution in [0.25, 0.3) is 33.3 Å². The molecule has 1 fully saturated rings. The first-order valence-electron chi connectivity index (χ1n) is 11.3. The topological polar surface area (TPSA) is 94.3 Å². The molecule has 0 bridgehead atoms. The fourth-order valence-electron chi connectivity index (χ4n) is 4.76. The third-order valence-electron chi connectivity index (χ3n) is 6.63. The molecule has 1 saturated heterocycles. The first-order valence-corrected chi connectivity index (χ1v) is 13.2. The van der Waals surface area contributed by atoms with Crippen LogP contribution in [0.5, 0.6) is 0 Å². The second-order valence-electron chi connectivity index (χ2n) is 8.68. The maximum Gasteiger partial charge on any atom is 0.407 e. The van der Waals surface area contributed by atoms with Gasteiger partial charge in [-0.15, -0.1) is 0 Å². The smallest absolute Gasteiger partial charge is 0.407 e. The van der Waals surface area contributed by atoms with Gasteiger partial charge in [-0.05, 0) is 66.7 Å². The fourth-order valence-corrected chi connectivity index (χ4v) is 5.50. The van der Waals surface area contributed by atoms with E-state index in [2.05, 4.69) is 9.55 Å². The normalized spacial score (nSPS) is 15.8. The van der Waals surface area contributed by atoms with E-state index in [1.807, 2.05) is 48.5 Å². The molecule has 34 heavy (non-hydrogen) atoms. The second kappa shape index (κ2) is 9.44. The monoisotopic (exact) mass is 496 g/mol. The van der Waals surface area contributed by atoms with Gasteiger partial charge in [0.1, 0.15) is 17.6 Å². The molecule has 3 heterocycles. The molecule has 1 amide bonds. The molecule has 1 N–H and O–H groups in total. The highest BCUT2D eigenvalue weighted by molar-refractivity contribution is 7.90. The van der Waals surface area contributed by atoms with Crippen molar-refractivity contribution in [2.45, 2.75) is 30.7 Å². The number of nitrogens with zero attached hydrogens (tertiary/aromatic N) is 4. The Bertz CT molecular complexity index is 1350. The number of carbonyl (C=O) groups is 1. The highest BCUT2D eigenvalue weighted by Gasteiger charge is 2.24. The zero-order chi connectivity index (χ0) is 23.8. The molecule has 0 radical (unpaired) electrons. The largest absolute Gasteiger partial charge is 0.612 e. The van der Waals surface area contributed by atoms with Crippen LogP contribution >= 0.6 is 11.6 Å². The van der Waals surface area contributed by atoms with Crippen LogP contribution in [0.3, 0.4) is 0 Å². The van der Waals surface area contributed by atoms with Crippen molar-refractivity contribution in [3.63, 3.8) is 0 Å². The number of hydrogen-bond acceptors (Lipinski definition) is 4. The lowest BCUT2D eigenvalue weighted by atomic mass is 9.93. The van der Waals surface area contributed by atoms with Gasteiger partial charge in [0.15, 0.2) is 10.0 Å². The number of halogens is 1. The molecule has 1 unspecified atom stereocenters. The van der Waals surface area contributed by atoms with Gasteiger partial charge in [0, 0.05) is 30.6 Å². The summed E-state index contributed by atoms with van der Waals surface area (Å²) in [5.41, 5.74) is 3.36. The lowest BCUT2D eigenvalue weighted by molar-refractivity contribution is 0.122. The van der Waals surface area contributed by atoms with Crippen LogP contribution in [-0.4, -0.2) is 54.5 Å². The lowest BCUT2D eigenvalue weighted by Crippen LogP contribution is -2.37. The number of aromatic nitrogens is 3. The van der Waals surface area contributed by atoms with Crippen molar-refractivity contribution in [1.29, 1.82) is 0 Å². The van der Waals surface area contributed by atoms with E-state index in [-0.39, 0.29) is 0 Å². The summed E-state index contributed by atoms with van der Waals surface area (Å²) in [7, 11) is 0. The third kappa shape index (κ3) is 4.33. The predicted octanol–water partition coefficient (Wildman–Crippen LogP) is 5.42. The molecule has 1 aliphatic heterocycles. The van der Waals surface area contributed by atoms with Gasteiger partial charge in [0.2, 0.25) is 0 Å². The molecule has 1 aliphatic rings. The SMILES string of the molecule is C[S+]([O-])c1ccc(-c2nc3c(Cl)nc4ccccc4c3n2CCC2CCN(C(=O)O)CC2)cc1. The van der Waals surface area contributed by atoms with Crippen LogP contribution < -0.4 is 0 Å². The summed E-state index contributed by atoms with van der Waals surface area (Å²) in [5, 5.41) is 10.6. The van der Waals surface area contributed by atoms with Gasteiger partial charge in [-0.2, -0.15) is 0 Å². The number of aryl methyl sites for hydroxylation is 1. The van der Waals surface area contributed by atoms with Gasteiger partial charge in [0.25, 0.3) is 0 Å². The molecular weight excluding hydrogens is 472 g/mol. The Labute approximate surface area is 205 Å². The first-order chi connectivity index (χ1) is 16.4.